The summed E-state index contributed by atoms with van der Waals surface area (Å²) >= 11 is 0. The van der Waals surface area contributed by atoms with Crippen molar-refractivity contribution in [3.63, 3.8) is 0 Å². The molecule has 0 saturated heterocycles. The van der Waals surface area contributed by atoms with E-state index in [0.29, 0.717) is 5.90 Å². The molecule has 0 saturated carbocycles. The molecule has 5 nitrogen and oxygen atoms in total. The van der Waals surface area contributed by atoms with Gasteiger partial charge in [0.05, 0.1) is 0 Å². The van der Waals surface area contributed by atoms with Gasteiger partial charge in [-0.05, 0) is 71.1 Å². The van der Waals surface area contributed by atoms with E-state index in [4.69, 9.17) is 9.53 Å². The van der Waals surface area contributed by atoms with Gasteiger partial charge in [0.15, 0.2) is 0 Å². The average molecular weight is 594 g/mol. The molecular weight excluding hydrogens is 525 g/mol. The van der Waals surface area contributed by atoms with Gasteiger partial charge in [-0.15, -0.1) is 5.10 Å². The van der Waals surface area contributed by atoms with Gasteiger partial charge in [0, 0.05) is 12.6 Å². The van der Waals surface area contributed by atoms with Crippen LogP contribution in [-0.2, 0) is 4.79 Å². The number of nitrogens with one attached hydrogen (secondary N) is 1. The van der Waals surface area contributed by atoms with E-state index in [1.54, 1.807) is 19.1 Å². The predicted octanol–water partition coefficient (Wildman–Crippen LogP) is 11.4. The minimum atomic E-state index is -0.171. The molecule has 0 radical (unpaired) electrons. The summed E-state index contributed by atoms with van der Waals surface area (Å²) in [6.45, 7) is 28.7. The quantitative estimate of drug-likeness (QED) is 0.213. The number of halogens is 1. The highest BCUT2D eigenvalue weighted by Gasteiger charge is 1.96. The Balaban J connectivity index is -0.000000105. The summed E-state index contributed by atoms with van der Waals surface area (Å²) < 4.78 is 17.6. The summed E-state index contributed by atoms with van der Waals surface area (Å²) in [5.74, 6) is 1.18. The van der Waals surface area contributed by atoms with Crippen LogP contribution in [0.5, 0.6) is 5.75 Å². The zero-order chi connectivity index (χ0) is 34.2. The summed E-state index contributed by atoms with van der Waals surface area (Å²) in [5.41, 5.74) is 3.25. The molecule has 6 heteroatoms. The maximum atomic E-state index is 12.1. The summed E-state index contributed by atoms with van der Waals surface area (Å²) in [4.78, 5) is 8.00. The van der Waals surface area contributed by atoms with E-state index in [1.165, 1.54) is 49.8 Å². The summed E-state index contributed by atoms with van der Waals surface area (Å²) in [7, 11) is 3.75. The number of unbranched alkanes of at least 4 members (excludes halogenated alkanes) is 2. The molecule has 2 aromatic rings. The lowest BCUT2D eigenvalue weighted by atomic mass is 10.2. The molecular formula is C36H68FN3O2. The largest absolute Gasteiger partial charge is 0.442 e. The van der Waals surface area contributed by atoms with Gasteiger partial charge in [-0.1, -0.05) is 124 Å². The maximum Gasteiger partial charge on any atom is 0.211 e. The minimum Gasteiger partial charge on any atom is -0.442 e. The van der Waals surface area contributed by atoms with Crippen molar-refractivity contribution in [1.29, 1.82) is 0 Å². The van der Waals surface area contributed by atoms with E-state index < -0.39 is 0 Å². The molecule has 1 N–H and O–H groups in total. The fourth-order valence-corrected chi connectivity index (χ4v) is 1.63. The summed E-state index contributed by atoms with van der Waals surface area (Å²) in [5, 5.41) is 10.8. The smallest absolute Gasteiger partial charge is 0.211 e. The molecule has 0 aliphatic carbocycles. The molecule has 0 unspecified atom stereocenters. The maximum absolute atomic E-state index is 12.1. The Morgan fingerprint density at radius 3 is 1.48 bits per heavy atom. The van der Waals surface area contributed by atoms with Crippen LogP contribution in [-0.4, -0.2) is 32.5 Å². The number of hydrogen-bond donors (Lipinski definition) is 1. The zero-order valence-electron chi connectivity index (χ0n) is 30.2. The van der Waals surface area contributed by atoms with Crippen molar-refractivity contribution in [1.82, 2.24) is 5.32 Å². The second kappa shape index (κ2) is 47.9. The zero-order valence-corrected chi connectivity index (χ0v) is 30.2. The first-order valence-electron chi connectivity index (χ1n) is 15.5. The highest BCUT2D eigenvalue weighted by Crippen LogP contribution is 2.12. The van der Waals surface area contributed by atoms with Gasteiger partial charge in [0.2, 0.25) is 5.90 Å². The third kappa shape index (κ3) is 53.4. The molecule has 0 aliphatic heterocycles. The van der Waals surface area contributed by atoms with Gasteiger partial charge < -0.3 is 14.8 Å². The van der Waals surface area contributed by atoms with E-state index in [0.717, 1.165) is 23.4 Å². The molecule has 42 heavy (non-hydrogen) atoms. The second-order valence-corrected chi connectivity index (χ2v) is 8.73. The standard InChI is InChI=1S/C13H18N2O.C7H7F.2C4H10.C3H8.C2H7N.C2H6.CH2O/c1-5-11(3)14-15-12(4)16-13-8-6-7-10(2)9-13;1-6-2-4-7(8)5-3-6;2*1-3-4-2;2*1-3-2;2*1-2/h6-9H,5H2,1-4H3;2-5H,1H3;2*3-4H2,1-2H3;3H2,1-2H3;3H,1-2H3;1-2H3;1H2/b14-11+,15-12+;;;;;;;. The highest BCUT2D eigenvalue weighted by atomic mass is 19.1. The molecule has 2 rings (SSSR count). The van der Waals surface area contributed by atoms with E-state index in [-0.39, 0.29) is 5.82 Å². The van der Waals surface area contributed by atoms with Crippen molar-refractivity contribution in [2.24, 2.45) is 10.2 Å². The lowest BCUT2D eigenvalue weighted by molar-refractivity contribution is -0.0980. The number of benzene rings is 2. The van der Waals surface area contributed by atoms with Gasteiger partial charge in [0.25, 0.3) is 0 Å². The summed E-state index contributed by atoms with van der Waals surface area (Å²) in [6.07, 6.45) is 7.43. The van der Waals surface area contributed by atoms with Crippen LogP contribution >= 0.6 is 0 Å². The van der Waals surface area contributed by atoms with Gasteiger partial charge >= 0.3 is 0 Å². The predicted molar refractivity (Wildman–Crippen MR) is 190 cm³/mol. The molecule has 2 aromatic carbocycles. The average Bonchev–Trinajstić information content (AvgIpc) is 3.01. The van der Waals surface area contributed by atoms with Crippen molar-refractivity contribution < 1.29 is 13.9 Å². The fraction of sp³-hybridized carbons (Fsp3) is 0.583. The molecule has 0 spiro atoms. The van der Waals surface area contributed by atoms with Gasteiger partial charge in [-0.25, -0.2) is 4.39 Å². The van der Waals surface area contributed by atoms with Crippen LogP contribution in [0.1, 0.15) is 126 Å². The van der Waals surface area contributed by atoms with E-state index in [9.17, 15) is 4.39 Å². The molecule has 0 atom stereocenters. The molecule has 0 heterocycles. The van der Waals surface area contributed by atoms with Crippen molar-refractivity contribution in [3.05, 3.63) is 65.5 Å². The molecule has 0 amide bonds. The summed E-state index contributed by atoms with van der Waals surface area (Å²) in [6, 6.07) is 14.3. The van der Waals surface area contributed by atoms with Crippen LogP contribution in [0, 0.1) is 19.7 Å². The van der Waals surface area contributed by atoms with Crippen molar-refractivity contribution in [2.75, 3.05) is 14.1 Å². The number of hydrogen-bond acceptors (Lipinski definition) is 5. The SMILES string of the molecule is C=O.CC.CC/C(C)=N/N=C(\C)Oc1cccc(C)c1.CCC.CCCC.CCCC.CNC.Cc1ccc(F)cc1. The van der Waals surface area contributed by atoms with Gasteiger partial charge in [0.1, 0.15) is 18.4 Å². The third-order valence-corrected chi connectivity index (χ3v) is 4.14. The first kappa shape index (κ1) is 51.8. The Morgan fingerprint density at radius 1 is 0.762 bits per heavy atom. The number of rotatable bonds is 5. The van der Waals surface area contributed by atoms with Crippen LogP contribution in [0.2, 0.25) is 0 Å². The minimum absolute atomic E-state index is 0.171. The van der Waals surface area contributed by atoms with Crippen LogP contribution in [0.3, 0.4) is 0 Å². The third-order valence-electron chi connectivity index (χ3n) is 4.14. The molecule has 0 aliphatic rings. The molecule has 0 bridgehead atoms. The number of ether oxygens (including phenoxy) is 1. The number of nitrogens with zero attached hydrogens (tertiary/aromatic N) is 2. The molecule has 246 valence electrons. The monoisotopic (exact) mass is 594 g/mol. The Morgan fingerprint density at radius 2 is 1.17 bits per heavy atom. The molecule has 0 fully saturated rings. The van der Waals surface area contributed by atoms with Gasteiger partial charge in [-0.2, -0.15) is 5.10 Å². The Hall–Kier alpha value is -2.86. The Kier molecular flexibility index (Phi) is 59.1. The van der Waals surface area contributed by atoms with Crippen molar-refractivity contribution >= 4 is 18.4 Å². The van der Waals surface area contributed by atoms with E-state index >= 15 is 0 Å². The lowest BCUT2D eigenvalue weighted by Crippen LogP contribution is -2.02. The van der Waals surface area contributed by atoms with Gasteiger partial charge in [-0.3, -0.25) is 0 Å². The first-order valence-corrected chi connectivity index (χ1v) is 15.5. The topological polar surface area (TPSA) is 63.0 Å². The van der Waals surface area contributed by atoms with Crippen LogP contribution in [0.15, 0.2) is 58.7 Å². The number of carbonyl (C=O) groups excluding carboxylic acids is 1. The van der Waals surface area contributed by atoms with Crippen LogP contribution < -0.4 is 10.1 Å². The first-order chi connectivity index (χ1) is 20.1. The van der Waals surface area contributed by atoms with Crippen molar-refractivity contribution in [3.8, 4) is 5.75 Å². The number of aryl methyl sites for hydroxylation is 2. The second-order valence-electron chi connectivity index (χ2n) is 8.73. The van der Waals surface area contributed by atoms with Crippen LogP contribution in [0.25, 0.3) is 0 Å². The Bertz CT molecular complexity index is 777. The number of carbonyl (C=O) groups is 1. The van der Waals surface area contributed by atoms with E-state index in [1.807, 2.05) is 86.7 Å². The van der Waals surface area contributed by atoms with Crippen molar-refractivity contribution in [2.45, 2.75) is 129 Å². The van der Waals surface area contributed by atoms with E-state index in [2.05, 4.69) is 57.1 Å². The fourth-order valence-electron chi connectivity index (χ4n) is 1.63. The normalized spacial score (nSPS) is 9.14. The molecule has 0 aromatic heterocycles. The van der Waals surface area contributed by atoms with Crippen LogP contribution in [0.4, 0.5) is 4.39 Å². The lowest BCUT2D eigenvalue weighted by Gasteiger charge is -2.03. The Labute approximate surface area is 261 Å². The highest BCUT2D eigenvalue weighted by molar-refractivity contribution is 5.83.